The Morgan fingerprint density at radius 1 is 0.931 bits per heavy atom. The van der Waals surface area contributed by atoms with Crippen LogP contribution in [0, 0.1) is 0 Å². The van der Waals surface area contributed by atoms with E-state index in [1.165, 1.54) is 61.8 Å². The van der Waals surface area contributed by atoms with Crippen LogP contribution in [0.15, 0.2) is 12.3 Å². The van der Waals surface area contributed by atoms with Gasteiger partial charge in [0, 0.05) is 37.6 Å². The zero-order valence-corrected chi connectivity index (χ0v) is 17.1. The molecule has 1 N–H and O–H groups in total. The number of tetrazole rings is 1. The first-order valence-electron chi connectivity index (χ1n) is 10.9. The van der Waals surface area contributed by atoms with Gasteiger partial charge < -0.3 is 4.90 Å². The molecule has 1 fully saturated rings. The van der Waals surface area contributed by atoms with Crippen molar-refractivity contribution in [2.24, 2.45) is 7.05 Å². The third-order valence-corrected chi connectivity index (χ3v) is 6.26. The van der Waals surface area contributed by atoms with Crippen LogP contribution in [-0.4, -0.2) is 48.5 Å². The molecule has 2 aliphatic rings. The topological polar surface area (TPSA) is 88.4 Å². The summed E-state index contributed by atoms with van der Waals surface area (Å²) in [7, 11) is 2.01. The van der Waals surface area contributed by atoms with Crippen LogP contribution < -0.4 is 4.90 Å². The van der Waals surface area contributed by atoms with Crippen molar-refractivity contribution < 1.29 is 0 Å². The van der Waals surface area contributed by atoms with Gasteiger partial charge in [-0.15, -0.1) is 10.2 Å². The van der Waals surface area contributed by atoms with Gasteiger partial charge in [-0.3, -0.25) is 4.68 Å². The fraction of sp³-hybridized carbons (Fsp3) is 0.571. The summed E-state index contributed by atoms with van der Waals surface area (Å²) in [6.45, 7) is 2.06. The first kappa shape index (κ1) is 18.3. The average Bonchev–Trinajstić information content (AvgIpc) is 3.40. The summed E-state index contributed by atoms with van der Waals surface area (Å²) in [6.07, 6.45) is 12.6. The minimum Gasteiger partial charge on any atom is -0.356 e. The molecule has 0 aromatic carbocycles. The smallest absolute Gasteiger partial charge is 0.209 e. The van der Waals surface area contributed by atoms with Gasteiger partial charge in [-0.25, -0.2) is 4.98 Å². The Balaban J connectivity index is 1.81. The number of hydrogen-bond donors (Lipinski definition) is 1. The molecule has 3 aromatic rings. The van der Waals surface area contributed by atoms with E-state index in [-0.39, 0.29) is 0 Å². The summed E-state index contributed by atoms with van der Waals surface area (Å²) in [4.78, 5) is 7.69. The lowest BCUT2D eigenvalue weighted by molar-refractivity contribution is 0.570. The molecule has 0 saturated carbocycles. The lowest BCUT2D eigenvalue weighted by Gasteiger charge is -2.31. The van der Waals surface area contributed by atoms with Crippen LogP contribution in [0.3, 0.4) is 0 Å². The molecule has 0 spiro atoms. The van der Waals surface area contributed by atoms with Gasteiger partial charge in [0.1, 0.15) is 5.82 Å². The molecule has 1 aliphatic carbocycles. The molecule has 4 heterocycles. The number of nitrogens with one attached hydrogen (secondary N) is 1. The van der Waals surface area contributed by atoms with Gasteiger partial charge in [0.15, 0.2) is 0 Å². The Bertz CT molecular complexity index is 969. The summed E-state index contributed by atoms with van der Waals surface area (Å²) < 4.78 is 1.96. The summed E-state index contributed by atoms with van der Waals surface area (Å²) in [5.74, 6) is 1.64. The van der Waals surface area contributed by atoms with Crippen LogP contribution in [0.4, 0.5) is 5.82 Å². The van der Waals surface area contributed by atoms with E-state index in [0.717, 1.165) is 43.0 Å². The molecule has 8 heteroatoms. The van der Waals surface area contributed by atoms with Crippen molar-refractivity contribution in [2.75, 3.05) is 18.0 Å². The minimum absolute atomic E-state index is 0.624. The third kappa shape index (κ3) is 3.41. The molecule has 0 atom stereocenters. The van der Waals surface area contributed by atoms with Gasteiger partial charge in [-0.2, -0.15) is 10.3 Å². The second-order valence-corrected chi connectivity index (χ2v) is 8.15. The Labute approximate surface area is 170 Å². The Morgan fingerprint density at radius 3 is 2.45 bits per heavy atom. The molecule has 8 nitrogen and oxygen atoms in total. The standard InChI is InChI=1S/C21H28N8/c1-28-17(11-12-22-28)18-15-9-5-2-3-6-10-16(15)23-21(29-13-7-4-8-14-29)19(18)20-24-26-27-25-20/h11-12H,2-10,13-14H2,1H3,(H,24,25,26,27). The largest absolute Gasteiger partial charge is 0.356 e. The number of hydrogen-bond acceptors (Lipinski definition) is 6. The van der Waals surface area contributed by atoms with Gasteiger partial charge in [-0.1, -0.05) is 12.8 Å². The maximum atomic E-state index is 5.27. The molecule has 1 aliphatic heterocycles. The molecule has 0 amide bonds. The van der Waals surface area contributed by atoms with Crippen molar-refractivity contribution in [3.8, 4) is 22.6 Å². The van der Waals surface area contributed by atoms with E-state index in [0.29, 0.717) is 5.82 Å². The Kier molecular flexibility index (Phi) is 4.99. The third-order valence-electron chi connectivity index (χ3n) is 6.26. The Hall–Kier alpha value is -2.77. The number of fused-ring (bicyclic) bond motifs is 1. The maximum Gasteiger partial charge on any atom is 0.209 e. The summed E-state index contributed by atoms with van der Waals surface area (Å²) in [5.41, 5.74) is 5.88. The van der Waals surface area contributed by atoms with Crippen LogP contribution in [-0.2, 0) is 19.9 Å². The van der Waals surface area contributed by atoms with Crippen molar-refractivity contribution in [3.63, 3.8) is 0 Å². The van der Waals surface area contributed by atoms with Crippen molar-refractivity contribution in [3.05, 3.63) is 23.5 Å². The molecule has 0 unspecified atom stereocenters. The molecule has 0 radical (unpaired) electrons. The van der Waals surface area contributed by atoms with Gasteiger partial charge in [0.05, 0.1) is 11.3 Å². The monoisotopic (exact) mass is 392 g/mol. The van der Waals surface area contributed by atoms with Gasteiger partial charge in [0.25, 0.3) is 0 Å². The van der Waals surface area contributed by atoms with E-state index in [2.05, 4.69) is 36.7 Å². The fourth-order valence-corrected chi connectivity index (χ4v) is 4.80. The van der Waals surface area contributed by atoms with E-state index in [4.69, 9.17) is 4.98 Å². The first-order valence-corrected chi connectivity index (χ1v) is 10.9. The Morgan fingerprint density at radius 2 is 1.72 bits per heavy atom. The van der Waals surface area contributed by atoms with E-state index >= 15 is 0 Å². The van der Waals surface area contributed by atoms with Gasteiger partial charge in [-0.05, 0) is 61.8 Å². The predicted molar refractivity (Wildman–Crippen MR) is 112 cm³/mol. The van der Waals surface area contributed by atoms with E-state index < -0.39 is 0 Å². The second-order valence-electron chi connectivity index (χ2n) is 8.15. The average molecular weight is 393 g/mol. The van der Waals surface area contributed by atoms with E-state index in [9.17, 15) is 0 Å². The van der Waals surface area contributed by atoms with Gasteiger partial charge >= 0.3 is 0 Å². The van der Waals surface area contributed by atoms with E-state index in [1.807, 2.05) is 17.9 Å². The van der Waals surface area contributed by atoms with Crippen LogP contribution >= 0.6 is 0 Å². The molecule has 29 heavy (non-hydrogen) atoms. The number of H-pyrrole nitrogens is 1. The van der Waals surface area contributed by atoms with Crippen LogP contribution in [0.1, 0.15) is 56.2 Å². The number of rotatable bonds is 3. The molecule has 5 rings (SSSR count). The van der Waals surface area contributed by atoms with Crippen molar-refractivity contribution in [1.82, 2.24) is 35.4 Å². The summed E-state index contributed by atoms with van der Waals surface area (Å²) in [5, 5.41) is 19.8. The number of anilines is 1. The quantitative estimate of drug-likeness (QED) is 0.736. The molecular formula is C21H28N8. The number of nitrogens with zero attached hydrogens (tertiary/aromatic N) is 7. The minimum atomic E-state index is 0.624. The lowest BCUT2D eigenvalue weighted by atomic mass is 9.89. The highest BCUT2D eigenvalue weighted by Crippen LogP contribution is 2.42. The number of aryl methyl sites for hydroxylation is 2. The normalized spacial score (nSPS) is 17.6. The number of aromatic nitrogens is 7. The predicted octanol–water partition coefficient (Wildman–Crippen LogP) is 3.31. The maximum absolute atomic E-state index is 5.27. The van der Waals surface area contributed by atoms with E-state index in [1.54, 1.807) is 0 Å². The highest BCUT2D eigenvalue weighted by Gasteiger charge is 2.29. The highest BCUT2D eigenvalue weighted by atomic mass is 15.5. The van der Waals surface area contributed by atoms with Crippen LogP contribution in [0.25, 0.3) is 22.6 Å². The van der Waals surface area contributed by atoms with Gasteiger partial charge in [0.2, 0.25) is 5.82 Å². The SMILES string of the molecule is Cn1nccc1-c1c2c(nc(N3CCCCC3)c1-c1nn[nH]n1)CCCCCC2. The molecule has 152 valence electrons. The molecule has 3 aromatic heterocycles. The lowest BCUT2D eigenvalue weighted by Crippen LogP contribution is -2.31. The highest BCUT2D eigenvalue weighted by molar-refractivity contribution is 5.89. The molecule has 0 bridgehead atoms. The fourth-order valence-electron chi connectivity index (χ4n) is 4.80. The van der Waals surface area contributed by atoms with Crippen molar-refractivity contribution in [2.45, 2.75) is 57.8 Å². The van der Waals surface area contributed by atoms with Crippen LogP contribution in [0.5, 0.6) is 0 Å². The first-order chi connectivity index (χ1) is 14.3. The molecular weight excluding hydrogens is 364 g/mol. The zero-order valence-electron chi connectivity index (χ0n) is 17.1. The number of aromatic amines is 1. The molecule has 1 saturated heterocycles. The number of piperidine rings is 1. The van der Waals surface area contributed by atoms with Crippen molar-refractivity contribution >= 4 is 5.82 Å². The van der Waals surface area contributed by atoms with Crippen molar-refractivity contribution in [1.29, 1.82) is 0 Å². The van der Waals surface area contributed by atoms with Crippen LogP contribution in [0.2, 0.25) is 0 Å². The zero-order chi connectivity index (χ0) is 19.6. The summed E-state index contributed by atoms with van der Waals surface area (Å²) in [6, 6.07) is 2.10. The second kappa shape index (κ2) is 7.93. The summed E-state index contributed by atoms with van der Waals surface area (Å²) >= 11 is 0. The number of pyridine rings is 1.